The molecule has 1 aromatic carbocycles. The highest BCUT2D eigenvalue weighted by Crippen LogP contribution is 2.17. The molecule has 0 fully saturated rings. The predicted molar refractivity (Wildman–Crippen MR) is 58.3 cm³/mol. The summed E-state index contributed by atoms with van der Waals surface area (Å²) < 4.78 is 0. The van der Waals surface area contributed by atoms with Gasteiger partial charge >= 0.3 is 0 Å². The van der Waals surface area contributed by atoms with Crippen LogP contribution in [0, 0.1) is 18.4 Å². The second kappa shape index (κ2) is 5.38. The van der Waals surface area contributed by atoms with Crippen LogP contribution in [0.4, 0.5) is 0 Å². The summed E-state index contributed by atoms with van der Waals surface area (Å²) in [4.78, 5) is 11.0. The lowest BCUT2D eigenvalue weighted by molar-refractivity contribution is -0.119. The Morgan fingerprint density at radius 3 is 2.93 bits per heavy atom. The van der Waals surface area contributed by atoms with Gasteiger partial charge in [0.2, 0.25) is 5.91 Å². The average Bonchev–Trinajstić information content (AvgIpc) is 2.20. The number of aryl methyl sites for hydroxylation is 2. The van der Waals surface area contributed by atoms with E-state index >= 15 is 0 Å². The summed E-state index contributed by atoms with van der Waals surface area (Å²) in [7, 11) is 0. The van der Waals surface area contributed by atoms with Crippen molar-refractivity contribution in [1.82, 2.24) is 5.32 Å². The molecule has 1 N–H and O–H groups in total. The van der Waals surface area contributed by atoms with Gasteiger partial charge in [-0.15, -0.1) is 0 Å². The summed E-state index contributed by atoms with van der Waals surface area (Å²) in [5, 5.41) is 11.0. The minimum atomic E-state index is -0.269. The molecule has 0 aliphatic carbocycles. The van der Waals surface area contributed by atoms with Gasteiger partial charge in [-0.05, 0) is 30.5 Å². The molecule has 0 radical (unpaired) electrons. The topological polar surface area (TPSA) is 52.9 Å². The van der Waals surface area contributed by atoms with Crippen molar-refractivity contribution in [3.8, 4) is 6.19 Å². The van der Waals surface area contributed by atoms with Gasteiger partial charge in [0.25, 0.3) is 0 Å². The van der Waals surface area contributed by atoms with Crippen LogP contribution in [-0.2, 0) is 11.2 Å². The first-order chi connectivity index (χ1) is 7.13. The van der Waals surface area contributed by atoms with E-state index in [-0.39, 0.29) is 5.91 Å². The van der Waals surface area contributed by atoms with Crippen LogP contribution in [0.25, 0.3) is 0 Å². The number of hydrogen-bond acceptors (Lipinski definition) is 2. The third-order valence-corrected chi connectivity index (χ3v) is 2.48. The molecule has 0 saturated carbocycles. The van der Waals surface area contributed by atoms with E-state index in [1.54, 1.807) is 6.19 Å². The zero-order valence-corrected chi connectivity index (χ0v) is 9.14. The van der Waals surface area contributed by atoms with E-state index in [1.807, 2.05) is 25.1 Å². The first-order valence-corrected chi connectivity index (χ1v) is 4.94. The monoisotopic (exact) mass is 222 g/mol. The van der Waals surface area contributed by atoms with Gasteiger partial charge in [-0.25, -0.2) is 0 Å². The Morgan fingerprint density at radius 2 is 2.33 bits per heavy atom. The molecular weight excluding hydrogens is 212 g/mol. The highest BCUT2D eigenvalue weighted by Gasteiger charge is 2.02. The van der Waals surface area contributed by atoms with Gasteiger partial charge in [0, 0.05) is 11.4 Å². The summed E-state index contributed by atoms with van der Waals surface area (Å²) in [6, 6.07) is 5.69. The van der Waals surface area contributed by atoms with Crippen LogP contribution in [0.1, 0.15) is 17.5 Å². The Hall–Kier alpha value is -1.53. The number of carbonyl (C=O) groups is 1. The molecule has 0 atom stereocenters. The van der Waals surface area contributed by atoms with Crippen LogP contribution >= 0.6 is 11.6 Å². The predicted octanol–water partition coefficient (Wildman–Crippen LogP) is 2.18. The quantitative estimate of drug-likeness (QED) is 0.630. The van der Waals surface area contributed by atoms with Crippen LogP contribution < -0.4 is 5.32 Å². The minimum Gasteiger partial charge on any atom is -0.274 e. The molecule has 1 amide bonds. The standard InChI is InChI=1S/C11H11ClN2O/c1-8-2-3-9(6-10(8)12)4-5-11(15)14-7-13/h2-3,6H,4-5H2,1H3,(H,14,15). The molecule has 78 valence electrons. The lowest BCUT2D eigenvalue weighted by Crippen LogP contribution is -2.17. The first kappa shape index (κ1) is 11.5. The van der Waals surface area contributed by atoms with E-state index in [4.69, 9.17) is 16.9 Å². The molecule has 0 unspecified atom stereocenters. The maximum atomic E-state index is 11.0. The fourth-order valence-corrected chi connectivity index (χ4v) is 1.38. The van der Waals surface area contributed by atoms with Crippen LogP contribution in [0.3, 0.4) is 0 Å². The Labute approximate surface area is 93.7 Å². The van der Waals surface area contributed by atoms with E-state index < -0.39 is 0 Å². The second-order valence-corrected chi connectivity index (χ2v) is 3.65. The van der Waals surface area contributed by atoms with E-state index in [0.717, 1.165) is 11.1 Å². The number of hydrogen-bond donors (Lipinski definition) is 1. The molecule has 0 spiro atoms. The van der Waals surface area contributed by atoms with Gasteiger partial charge in [0.15, 0.2) is 6.19 Å². The number of carbonyl (C=O) groups excluding carboxylic acids is 1. The lowest BCUT2D eigenvalue weighted by Gasteiger charge is -2.02. The normalized spacial score (nSPS) is 9.40. The van der Waals surface area contributed by atoms with Gasteiger partial charge in [-0.1, -0.05) is 23.7 Å². The largest absolute Gasteiger partial charge is 0.274 e. The van der Waals surface area contributed by atoms with Crippen molar-refractivity contribution in [3.63, 3.8) is 0 Å². The third-order valence-electron chi connectivity index (χ3n) is 2.07. The van der Waals surface area contributed by atoms with Crippen molar-refractivity contribution in [2.24, 2.45) is 0 Å². The number of rotatable bonds is 3. The van der Waals surface area contributed by atoms with Crippen molar-refractivity contribution in [2.75, 3.05) is 0 Å². The number of nitrogens with one attached hydrogen (secondary N) is 1. The van der Waals surface area contributed by atoms with Crippen LogP contribution in [0.15, 0.2) is 18.2 Å². The maximum Gasteiger partial charge on any atom is 0.233 e. The molecule has 1 rings (SSSR count). The van der Waals surface area contributed by atoms with Crippen molar-refractivity contribution in [1.29, 1.82) is 5.26 Å². The Bertz CT molecular complexity index is 410. The van der Waals surface area contributed by atoms with Gasteiger partial charge in [-0.2, -0.15) is 5.26 Å². The molecule has 0 aromatic heterocycles. The smallest absolute Gasteiger partial charge is 0.233 e. The zero-order valence-electron chi connectivity index (χ0n) is 8.38. The summed E-state index contributed by atoms with van der Waals surface area (Å²) in [5.74, 6) is -0.269. The number of benzene rings is 1. The number of nitrogens with zero attached hydrogens (tertiary/aromatic N) is 1. The van der Waals surface area contributed by atoms with Crippen LogP contribution in [0.2, 0.25) is 5.02 Å². The van der Waals surface area contributed by atoms with Crippen molar-refractivity contribution in [3.05, 3.63) is 34.3 Å². The SMILES string of the molecule is Cc1ccc(CCC(=O)NC#N)cc1Cl. The zero-order chi connectivity index (χ0) is 11.3. The maximum absolute atomic E-state index is 11.0. The van der Waals surface area contributed by atoms with Gasteiger partial charge in [0.1, 0.15) is 0 Å². The summed E-state index contributed by atoms with van der Waals surface area (Å²) in [6.45, 7) is 1.93. The van der Waals surface area contributed by atoms with E-state index in [1.165, 1.54) is 0 Å². The van der Waals surface area contributed by atoms with Crippen molar-refractivity contribution in [2.45, 2.75) is 19.8 Å². The lowest BCUT2D eigenvalue weighted by atomic mass is 10.1. The summed E-state index contributed by atoms with van der Waals surface area (Å²) in [6.07, 6.45) is 2.49. The number of halogens is 1. The van der Waals surface area contributed by atoms with Gasteiger partial charge < -0.3 is 0 Å². The number of amides is 1. The molecule has 0 aliphatic heterocycles. The number of nitriles is 1. The Kier molecular flexibility index (Phi) is 4.14. The molecule has 4 heteroatoms. The van der Waals surface area contributed by atoms with Crippen LogP contribution in [0.5, 0.6) is 0 Å². The van der Waals surface area contributed by atoms with Gasteiger partial charge in [0.05, 0.1) is 0 Å². The molecule has 0 saturated heterocycles. The summed E-state index contributed by atoms with van der Waals surface area (Å²) in [5.41, 5.74) is 2.01. The van der Waals surface area contributed by atoms with E-state index in [2.05, 4.69) is 5.32 Å². The van der Waals surface area contributed by atoms with Crippen molar-refractivity contribution < 1.29 is 4.79 Å². The van der Waals surface area contributed by atoms with Gasteiger partial charge in [-0.3, -0.25) is 10.1 Å². The average molecular weight is 223 g/mol. The van der Waals surface area contributed by atoms with E-state index in [0.29, 0.717) is 17.9 Å². The molecule has 0 heterocycles. The van der Waals surface area contributed by atoms with Crippen LogP contribution in [-0.4, -0.2) is 5.91 Å². The highest BCUT2D eigenvalue weighted by molar-refractivity contribution is 6.31. The fourth-order valence-electron chi connectivity index (χ4n) is 1.17. The van der Waals surface area contributed by atoms with E-state index in [9.17, 15) is 4.79 Å². The molecule has 3 nitrogen and oxygen atoms in total. The molecule has 0 aliphatic rings. The second-order valence-electron chi connectivity index (χ2n) is 3.24. The van der Waals surface area contributed by atoms with Crippen molar-refractivity contribution >= 4 is 17.5 Å². The Balaban J connectivity index is 2.55. The molecule has 15 heavy (non-hydrogen) atoms. The summed E-state index contributed by atoms with van der Waals surface area (Å²) >= 11 is 5.94. The molecule has 0 bridgehead atoms. The third kappa shape index (κ3) is 3.61. The molecular formula is C11H11ClN2O. The first-order valence-electron chi connectivity index (χ1n) is 4.56. The fraction of sp³-hybridized carbons (Fsp3) is 0.273. The molecule has 1 aromatic rings. The Morgan fingerprint density at radius 1 is 1.60 bits per heavy atom. The minimum absolute atomic E-state index is 0.269. The highest BCUT2D eigenvalue weighted by atomic mass is 35.5.